The predicted molar refractivity (Wildman–Crippen MR) is 78.8 cm³/mol. The van der Waals surface area contributed by atoms with Crippen molar-refractivity contribution in [1.82, 2.24) is 4.98 Å². The van der Waals surface area contributed by atoms with Crippen molar-refractivity contribution in [2.75, 3.05) is 19.0 Å². The van der Waals surface area contributed by atoms with Crippen molar-refractivity contribution in [2.45, 2.75) is 19.8 Å². The lowest BCUT2D eigenvalue weighted by Gasteiger charge is -2.06. The molecule has 1 aromatic carbocycles. The summed E-state index contributed by atoms with van der Waals surface area (Å²) in [6, 6.07) is 14.3. The molecule has 0 saturated carbocycles. The van der Waals surface area contributed by atoms with Crippen molar-refractivity contribution < 1.29 is 4.74 Å². The highest BCUT2D eigenvalue weighted by molar-refractivity contribution is 5.35. The molecule has 0 unspecified atom stereocenters. The Bertz CT molecular complexity index is 508. The number of aryl methyl sites for hydroxylation is 2. The molecule has 1 aromatic heterocycles. The molecule has 0 aliphatic heterocycles. The van der Waals surface area contributed by atoms with Gasteiger partial charge in [-0.1, -0.05) is 18.2 Å². The Morgan fingerprint density at radius 1 is 1.11 bits per heavy atom. The maximum absolute atomic E-state index is 5.14. The summed E-state index contributed by atoms with van der Waals surface area (Å²) in [6.45, 7) is 2.94. The van der Waals surface area contributed by atoms with E-state index in [1.54, 1.807) is 7.11 Å². The summed E-state index contributed by atoms with van der Waals surface area (Å²) in [7, 11) is 1.69. The third kappa shape index (κ3) is 4.28. The molecule has 3 heteroatoms. The third-order valence-corrected chi connectivity index (χ3v) is 3.00. The fourth-order valence-electron chi connectivity index (χ4n) is 1.94. The van der Waals surface area contributed by atoms with Crippen LogP contribution < -0.4 is 10.1 Å². The fraction of sp³-hybridized carbons (Fsp3) is 0.312. The highest BCUT2D eigenvalue weighted by Gasteiger charge is 1.96. The van der Waals surface area contributed by atoms with Crippen LogP contribution in [-0.4, -0.2) is 18.6 Å². The number of hydrogen-bond acceptors (Lipinski definition) is 3. The van der Waals surface area contributed by atoms with E-state index in [9.17, 15) is 0 Å². The first-order chi connectivity index (χ1) is 9.28. The van der Waals surface area contributed by atoms with E-state index in [1.807, 2.05) is 37.3 Å². The van der Waals surface area contributed by atoms with Gasteiger partial charge in [-0.25, -0.2) is 4.98 Å². The van der Waals surface area contributed by atoms with E-state index in [1.165, 1.54) is 5.56 Å². The van der Waals surface area contributed by atoms with Gasteiger partial charge in [-0.05, 0) is 49.6 Å². The van der Waals surface area contributed by atoms with Gasteiger partial charge in [0.25, 0.3) is 0 Å². The van der Waals surface area contributed by atoms with Crippen molar-refractivity contribution in [3.05, 3.63) is 53.7 Å². The second-order valence-electron chi connectivity index (χ2n) is 4.54. The maximum Gasteiger partial charge on any atom is 0.126 e. The van der Waals surface area contributed by atoms with Crippen LogP contribution in [0.15, 0.2) is 42.5 Å². The average Bonchev–Trinajstić information content (AvgIpc) is 2.44. The molecule has 0 aliphatic carbocycles. The van der Waals surface area contributed by atoms with Gasteiger partial charge in [-0.3, -0.25) is 0 Å². The first kappa shape index (κ1) is 13.4. The average molecular weight is 256 g/mol. The maximum atomic E-state index is 5.14. The van der Waals surface area contributed by atoms with Crippen molar-refractivity contribution in [2.24, 2.45) is 0 Å². The molecule has 19 heavy (non-hydrogen) atoms. The van der Waals surface area contributed by atoms with Crippen LogP contribution in [0.25, 0.3) is 0 Å². The molecule has 0 saturated heterocycles. The van der Waals surface area contributed by atoms with Gasteiger partial charge in [0.2, 0.25) is 0 Å². The second-order valence-corrected chi connectivity index (χ2v) is 4.54. The second kappa shape index (κ2) is 6.78. The monoisotopic (exact) mass is 256 g/mol. The van der Waals surface area contributed by atoms with E-state index in [2.05, 4.69) is 22.4 Å². The SMILES string of the molecule is COc1ccc(CCCNc2cccc(C)n2)cc1. The summed E-state index contributed by atoms with van der Waals surface area (Å²) >= 11 is 0. The zero-order valence-corrected chi connectivity index (χ0v) is 11.5. The molecule has 2 rings (SSSR count). The molecule has 0 amide bonds. The summed E-state index contributed by atoms with van der Waals surface area (Å²) in [6.07, 6.45) is 2.14. The van der Waals surface area contributed by atoms with Gasteiger partial charge < -0.3 is 10.1 Å². The largest absolute Gasteiger partial charge is 0.497 e. The first-order valence-electron chi connectivity index (χ1n) is 6.58. The van der Waals surface area contributed by atoms with Gasteiger partial charge in [0, 0.05) is 12.2 Å². The first-order valence-corrected chi connectivity index (χ1v) is 6.58. The number of methoxy groups -OCH3 is 1. The Morgan fingerprint density at radius 2 is 1.89 bits per heavy atom. The lowest BCUT2D eigenvalue weighted by Crippen LogP contribution is -2.04. The number of nitrogens with zero attached hydrogens (tertiary/aromatic N) is 1. The highest BCUT2D eigenvalue weighted by atomic mass is 16.5. The molecule has 1 heterocycles. The lowest BCUT2D eigenvalue weighted by molar-refractivity contribution is 0.414. The van der Waals surface area contributed by atoms with Crippen molar-refractivity contribution in [3.63, 3.8) is 0 Å². The molecule has 0 atom stereocenters. The Balaban J connectivity index is 1.74. The van der Waals surface area contributed by atoms with E-state index in [0.717, 1.165) is 36.6 Å². The smallest absolute Gasteiger partial charge is 0.126 e. The normalized spacial score (nSPS) is 10.2. The topological polar surface area (TPSA) is 34.1 Å². The Hall–Kier alpha value is -2.03. The number of benzene rings is 1. The molecule has 3 nitrogen and oxygen atoms in total. The van der Waals surface area contributed by atoms with Crippen LogP contribution in [0.2, 0.25) is 0 Å². The van der Waals surface area contributed by atoms with Crippen molar-refractivity contribution in [3.8, 4) is 5.75 Å². The summed E-state index contributed by atoms with van der Waals surface area (Å²) in [5.41, 5.74) is 2.37. The zero-order chi connectivity index (χ0) is 13.5. The molecular weight excluding hydrogens is 236 g/mol. The molecule has 100 valence electrons. The summed E-state index contributed by atoms with van der Waals surface area (Å²) in [4.78, 5) is 4.41. The van der Waals surface area contributed by atoms with Gasteiger partial charge in [-0.15, -0.1) is 0 Å². The van der Waals surface area contributed by atoms with Gasteiger partial charge >= 0.3 is 0 Å². The van der Waals surface area contributed by atoms with Crippen LogP contribution in [0.1, 0.15) is 17.7 Å². The number of aromatic nitrogens is 1. The lowest BCUT2D eigenvalue weighted by atomic mass is 10.1. The van der Waals surface area contributed by atoms with Gasteiger partial charge in [0.1, 0.15) is 11.6 Å². The van der Waals surface area contributed by atoms with Crippen LogP contribution in [0.5, 0.6) is 5.75 Å². The minimum Gasteiger partial charge on any atom is -0.497 e. The van der Waals surface area contributed by atoms with Crippen LogP contribution >= 0.6 is 0 Å². The van der Waals surface area contributed by atoms with Gasteiger partial charge in [0.15, 0.2) is 0 Å². The number of rotatable bonds is 6. The number of ether oxygens (including phenoxy) is 1. The number of anilines is 1. The molecule has 0 radical (unpaired) electrons. The van der Waals surface area contributed by atoms with E-state index in [0.29, 0.717) is 0 Å². The Morgan fingerprint density at radius 3 is 2.58 bits per heavy atom. The molecule has 0 spiro atoms. The third-order valence-electron chi connectivity index (χ3n) is 3.00. The van der Waals surface area contributed by atoms with Crippen molar-refractivity contribution in [1.29, 1.82) is 0 Å². The predicted octanol–water partition coefficient (Wildman–Crippen LogP) is 3.44. The molecule has 0 aliphatic rings. The summed E-state index contributed by atoms with van der Waals surface area (Å²) in [5, 5.41) is 3.34. The number of nitrogens with one attached hydrogen (secondary N) is 1. The van der Waals surface area contributed by atoms with E-state index in [-0.39, 0.29) is 0 Å². The van der Waals surface area contributed by atoms with E-state index in [4.69, 9.17) is 4.74 Å². The number of pyridine rings is 1. The highest BCUT2D eigenvalue weighted by Crippen LogP contribution is 2.12. The Kier molecular flexibility index (Phi) is 4.78. The summed E-state index contributed by atoms with van der Waals surface area (Å²) in [5.74, 6) is 1.86. The van der Waals surface area contributed by atoms with E-state index < -0.39 is 0 Å². The van der Waals surface area contributed by atoms with Gasteiger partial charge in [0.05, 0.1) is 7.11 Å². The molecule has 0 fully saturated rings. The standard InChI is InChI=1S/C16H20N2O/c1-13-5-3-7-16(18-13)17-12-4-6-14-8-10-15(19-2)11-9-14/h3,5,7-11H,4,6,12H2,1-2H3,(H,17,18). The van der Waals surface area contributed by atoms with E-state index >= 15 is 0 Å². The fourth-order valence-corrected chi connectivity index (χ4v) is 1.94. The van der Waals surface area contributed by atoms with Crippen LogP contribution in [0.3, 0.4) is 0 Å². The minimum absolute atomic E-state index is 0.908. The van der Waals surface area contributed by atoms with Crippen LogP contribution in [0, 0.1) is 6.92 Å². The number of hydrogen-bond donors (Lipinski definition) is 1. The minimum atomic E-state index is 0.908. The quantitative estimate of drug-likeness (QED) is 0.804. The Labute approximate surface area is 114 Å². The molecule has 2 aromatic rings. The zero-order valence-electron chi connectivity index (χ0n) is 11.5. The van der Waals surface area contributed by atoms with Crippen molar-refractivity contribution >= 4 is 5.82 Å². The van der Waals surface area contributed by atoms with Crippen LogP contribution in [-0.2, 0) is 6.42 Å². The summed E-state index contributed by atoms with van der Waals surface area (Å²) < 4.78 is 5.14. The molecule has 1 N–H and O–H groups in total. The van der Waals surface area contributed by atoms with Gasteiger partial charge in [-0.2, -0.15) is 0 Å². The molecular formula is C16H20N2O. The molecule has 0 bridgehead atoms. The van der Waals surface area contributed by atoms with Crippen LogP contribution in [0.4, 0.5) is 5.82 Å².